The number of hydrogen-bond acceptors (Lipinski definition) is 4. The van der Waals surface area contributed by atoms with Gasteiger partial charge in [0, 0.05) is 30.5 Å². The lowest BCUT2D eigenvalue weighted by Gasteiger charge is -2.32. The standard InChI is InChI=1S/C17H20N2O4S/c1-17(2)11-16(20)19-15-6-5-13(10-14(15)17)24(21,22)18-8-7-12-4-3-9-23-12/h3-6,9-10,18H,7-8,11H2,1-2H3,(H,19,20). The lowest BCUT2D eigenvalue weighted by Crippen LogP contribution is -2.33. The van der Waals surface area contributed by atoms with E-state index >= 15 is 0 Å². The van der Waals surface area contributed by atoms with Gasteiger partial charge in [-0.3, -0.25) is 4.79 Å². The maximum Gasteiger partial charge on any atom is 0.240 e. The fourth-order valence-corrected chi connectivity index (χ4v) is 3.95. The molecule has 7 heteroatoms. The summed E-state index contributed by atoms with van der Waals surface area (Å²) in [7, 11) is -3.62. The first kappa shape index (κ1) is 16.7. The molecule has 0 bridgehead atoms. The normalized spacial score (nSPS) is 16.5. The van der Waals surface area contributed by atoms with Crippen LogP contribution in [0.2, 0.25) is 0 Å². The minimum Gasteiger partial charge on any atom is -0.469 e. The van der Waals surface area contributed by atoms with Gasteiger partial charge in [0.05, 0.1) is 11.2 Å². The lowest BCUT2D eigenvalue weighted by molar-refractivity contribution is -0.117. The van der Waals surface area contributed by atoms with Crippen LogP contribution in [0.4, 0.5) is 5.69 Å². The van der Waals surface area contributed by atoms with Gasteiger partial charge in [0.2, 0.25) is 15.9 Å². The van der Waals surface area contributed by atoms with Crippen molar-refractivity contribution < 1.29 is 17.6 Å². The molecule has 6 nitrogen and oxygen atoms in total. The van der Waals surface area contributed by atoms with Crippen molar-refractivity contribution in [1.82, 2.24) is 4.72 Å². The van der Waals surface area contributed by atoms with Gasteiger partial charge in [0.1, 0.15) is 5.76 Å². The van der Waals surface area contributed by atoms with Crippen molar-refractivity contribution in [3.05, 3.63) is 47.9 Å². The van der Waals surface area contributed by atoms with Crippen LogP contribution in [0.25, 0.3) is 0 Å². The van der Waals surface area contributed by atoms with E-state index in [-0.39, 0.29) is 17.3 Å². The Labute approximate surface area is 141 Å². The van der Waals surface area contributed by atoms with Crippen molar-refractivity contribution in [3.8, 4) is 0 Å². The number of rotatable bonds is 5. The molecular formula is C17H20N2O4S. The number of carbonyl (C=O) groups excluding carboxylic acids is 1. The fraction of sp³-hybridized carbons (Fsp3) is 0.353. The van der Waals surface area contributed by atoms with Crippen LogP contribution in [-0.2, 0) is 26.7 Å². The Bertz CT molecular complexity index is 855. The molecule has 1 aromatic carbocycles. The van der Waals surface area contributed by atoms with Crippen molar-refractivity contribution >= 4 is 21.6 Å². The van der Waals surface area contributed by atoms with E-state index in [1.54, 1.807) is 30.5 Å². The van der Waals surface area contributed by atoms with Gasteiger partial charge in [-0.2, -0.15) is 0 Å². The first-order valence-electron chi connectivity index (χ1n) is 7.74. The van der Waals surface area contributed by atoms with Crippen molar-refractivity contribution in [1.29, 1.82) is 0 Å². The molecule has 0 atom stereocenters. The molecule has 0 fully saturated rings. The van der Waals surface area contributed by atoms with Crippen LogP contribution in [0.3, 0.4) is 0 Å². The van der Waals surface area contributed by atoms with Crippen LogP contribution in [0.15, 0.2) is 45.9 Å². The van der Waals surface area contributed by atoms with Gasteiger partial charge < -0.3 is 9.73 Å². The monoisotopic (exact) mass is 348 g/mol. The number of sulfonamides is 1. The third-order valence-electron chi connectivity index (χ3n) is 4.15. The molecule has 2 aromatic rings. The maximum absolute atomic E-state index is 12.5. The smallest absolute Gasteiger partial charge is 0.240 e. The summed E-state index contributed by atoms with van der Waals surface area (Å²) in [6, 6.07) is 8.37. The van der Waals surface area contributed by atoms with Crippen molar-refractivity contribution in [2.45, 2.75) is 37.0 Å². The van der Waals surface area contributed by atoms with E-state index in [9.17, 15) is 13.2 Å². The quantitative estimate of drug-likeness (QED) is 0.868. The average Bonchev–Trinajstić information content (AvgIpc) is 2.99. The molecule has 128 valence electrons. The van der Waals surface area contributed by atoms with Crippen molar-refractivity contribution in [2.24, 2.45) is 0 Å². The van der Waals surface area contributed by atoms with Crippen LogP contribution in [0, 0.1) is 0 Å². The molecule has 0 saturated carbocycles. The Morgan fingerprint density at radius 2 is 2.08 bits per heavy atom. The Morgan fingerprint density at radius 1 is 1.29 bits per heavy atom. The number of hydrogen-bond donors (Lipinski definition) is 2. The van der Waals surface area contributed by atoms with Crippen LogP contribution >= 0.6 is 0 Å². The molecule has 0 saturated heterocycles. The second kappa shape index (κ2) is 6.07. The number of carbonyl (C=O) groups is 1. The van der Waals surface area contributed by atoms with Gasteiger partial charge in [-0.25, -0.2) is 13.1 Å². The summed E-state index contributed by atoms with van der Waals surface area (Å²) >= 11 is 0. The summed E-state index contributed by atoms with van der Waals surface area (Å²) in [5.74, 6) is 0.673. The van der Waals surface area contributed by atoms with Crippen molar-refractivity contribution in [2.75, 3.05) is 11.9 Å². The zero-order valence-electron chi connectivity index (χ0n) is 13.6. The van der Waals surface area contributed by atoms with Crippen LogP contribution in [0.1, 0.15) is 31.6 Å². The van der Waals surface area contributed by atoms with Crippen molar-refractivity contribution in [3.63, 3.8) is 0 Å². The molecule has 0 aliphatic carbocycles. The van der Waals surface area contributed by atoms with Crippen LogP contribution in [0.5, 0.6) is 0 Å². The Balaban J connectivity index is 1.80. The predicted molar refractivity (Wildman–Crippen MR) is 90.3 cm³/mol. The summed E-state index contributed by atoms with van der Waals surface area (Å²) < 4.78 is 32.8. The van der Waals surface area contributed by atoms with Gasteiger partial charge in [-0.1, -0.05) is 13.8 Å². The van der Waals surface area contributed by atoms with E-state index in [1.807, 2.05) is 13.8 Å². The summed E-state index contributed by atoms with van der Waals surface area (Å²) in [6.45, 7) is 4.13. The van der Waals surface area contributed by atoms with E-state index in [0.717, 1.165) is 11.3 Å². The Hall–Kier alpha value is -2.12. The zero-order chi connectivity index (χ0) is 17.4. The van der Waals surface area contributed by atoms with Crippen LogP contribution < -0.4 is 10.0 Å². The second-order valence-corrected chi connectivity index (χ2v) is 8.31. The summed E-state index contributed by atoms with van der Waals surface area (Å²) in [5.41, 5.74) is 1.10. The van der Waals surface area contributed by atoms with Gasteiger partial charge >= 0.3 is 0 Å². The van der Waals surface area contributed by atoms with E-state index in [1.165, 1.54) is 6.07 Å². The summed E-state index contributed by atoms with van der Waals surface area (Å²) in [6.07, 6.45) is 2.37. The van der Waals surface area contributed by atoms with Gasteiger partial charge in [-0.05, 0) is 35.9 Å². The highest BCUT2D eigenvalue weighted by atomic mass is 32.2. The first-order chi connectivity index (χ1) is 11.3. The number of fused-ring (bicyclic) bond motifs is 1. The molecule has 1 amide bonds. The van der Waals surface area contributed by atoms with E-state index in [0.29, 0.717) is 18.5 Å². The molecule has 0 unspecified atom stereocenters. The molecule has 1 aliphatic heterocycles. The van der Waals surface area contributed by atoms with Gasteiger partial charge in [-0.15, -0.1) is 0 Å². The maximum atomic E-state index is 12.5. The topological polar surface area (TPSA) is 88.4 Å². The number of nitrogens with one attached hydrogen (secondary N) is 2. The molecule has 24 heavy (non-hydrogen) atoms. The Kier molecular flexibility index (Phi) is 4.23. The predicted octanol–water partition coefficient (Wildman–Crippen LogP) is 2.42. The lowest BCUT2D eigenvalue weighted by atomic mass is 9.78. The number of benzene rings is 1. The minimum atomic E-state index is -3.62. The highest BCUT2D eigenvalue weighted by Crippen LogP contribution is 2.38. The molecular weight excluding hydrogens is 328 g/mol. The first-order valence-corrected chi connectivity index (χ1v) is 9.23. The summed E-state index contributed by atoms with van der Waals surface area (Å²) in [5, 5.41) is 2.79. The third kappa shape index (κ3) is 3.37. The fourth-order valence-electron chi connectivity index (χ4n) is 2.90. The van der Waals surface area contributed by atoms with E-state index in [4.69, 9.17) is 4.42 Å². The van der Waals surface area contributed by atoms with Gasteiger partial charge in [0.15, 0.2) is 0 Å². The minimum absolute atomic E-state index is 0.0559. The summed E-state index contributed by atoms with van der Waals surface area (Å²) in [4.78, 5) is 11.9. The SMILES string of the molecule is CC1(C)CC(=O)Nc2ccc(S(=O)(=O)NCCc3ccco3)cc21. The second-order valence-electron chi connectivity index (χ2n) is 6.54. The third-order valence-corrected chi connectivity index (χ3v) is 5.61. The Morgan fingerprint density at radius 3 is 2.79 bits per heavy atom. The molecule has 1 aromatic heterocycles. The molecule has 3 rings (SSSR count). The largest absolute Gasteiger partial charge is 0.469 e. The molecule has 0 spiro atoms. The van der Waals surface area contributed by atoms with Crippen LogP contribution in [-0.4, -0.2) is 20.9 Å². The number of anilines is 1. The molecule has 0 radical (unpaired) electrons. The highest BCUT2D eigenvalue weighted by molar-refractivity contribution is 7.89. The molecule has 2 N–H and O–H groups in total. The highest BCUT2D eigenvalue weighted by Gasteiger charge is 2.33. The molecule has 2 heterocycles. The van der Waals surface area contributed by atoms with E-state index < -0.39 is 15.4 Å². The zero-order valence-corrected chi connectivity index (χ0v) is 14.4. The number of amides is 1. The average molecular weight is 348 g/mol. The van der Waals surface area contributed by atoms with Gasteiger partial charge in [0.25, 0.3) is 0 Å². The number of furan rings is 1. The molecule has 1 aliphatic rings. The van der Waals surface area contributed by atoms with E-state index in [2.05, 4.69) is 10.0 Å².